The average Bonchev–Trinajstić information content (AvgIpc) is 1.85. The third kappa shape index (κ3) is 5.41. The van der Waals surface area contributed by atoms with Crippen LogP contribution in [0.1, 0.15) is 27.2 Å². The van der Waals surface area contributed by atoms with Gasteiger partial charge >= 0.3 is 5.97 Å². The molecular formula is C8H13NO2. The molecule has 0 N–H and O–H groups in total. The van der Waals surface area contributed by atoms with Crippen LogP contribution in [-0.4, -0.2) is 12.1 Å². The zero-order valence-electron chi connectivity index (χ0n) is 7.13. The lowest BCUT2D eigenvalue weighted by Crippen LogP contribution is -2.14. The molecule has 0 spiro atoms. The molecule has 0 saturated carbocycles. The van der Waals surface area contributed by atoms with Gasteiger partial charge in [-0.3, -0.25) is 4.79 Å². The smallest absolute Gasteiger partial charge is 0.307 e. The quantitative estimate of drug-likeness (QED) is 0.580. The fourth-order valence-electron chi connectivity index (χ4n) is 0.605. The van der Waals surface area contributed by atoms with Crippen molar-refractivity contribution in [2.75, 3.05) is 0 Å². The molecule has 3 heteroatoms. The molecule has 0 aromatic heterocycles. The molecule has 0 aliphatic rings. The van der Waals surface area contributed by atoms with Gasteiger partial charge in [0.15, 0.2) is 6.10 Å². The molecular weight excluding hydrogens is 142 g/mol. The standard InChI is InChI=1S/C8H13NO2/c1-6(2)4-8(10)11-7(3)5-9/h6-7H,4H2,1-3H3. The maximum absolute atomic E-state index is 10.8. The van der Waals surface area contributed by atoms with E-state index in [1.54, 1.807) is 6.92 Å². The Morgan fingerprint density at radius 2 is 2.09 bits per heavy atom. The Morgan fingerprint density at radius 3 is 2.45 bits per heavy atom. The number of rotatable bonds is 3. The van der Waals surface area contributed by atoms with Crippen molar-refractivity contribution in [2.24, 2.45) is 5.92 Å². The molecule has 0 fully saturated rings. The van der Waals surface area contributed by atoms with Crippen molar-refractivity contribution in [2.45, 2.75) is 33.3 Å². The summed E-state index contributed by atoms with van der Waals surface area (Å²) in [4.78, 5) is 10.8. The molecule has 0 amide bonds. The number of nitriles is 1. The summed E-state index contributed by atoms with van der Waals surface area (Å²) in [5.74, 6) is -0.0116. The Bertz CT molecular complexity index is 169. The maximum Gasteiger partial charge on any atom is 0.307 e. The van der Waals surface area contributed by atoms with Gasteiger partial charge in [-0.1, -0.05) is 13.8 Å². The monoisotopic (exact) mass is 155 g/mol. The fraction of sp³-hybridized carbons (Fsp3) is 0.750. The predicted octanol–water partition coefficient (Wildman–Crippen LogP) is 1.49. The van der Waals surface area contributed by atoms with Gasteiger partial charge in [-0.15, -0.1) is 0 Å². The number of nitrogens with zero attached hydrogens (tertiary/aromatic N) is 1. The number of esters is 1. The summed E-state index contributed by atoms with van der Waals surface area (Å²) in [6.45, 7) is 5.41. The van der Waals surface area contributed by atoms with Crippen LogP contribution < -0.4 is 0 Å². The Morgan fingerprint density at radius 1 is 1.55 bits per heavy atom. The van der Waals surface area contributed by atoms with E-state index in [9.17, 15) is 4.79 Å². The third-order valence-corrected chi connectivity index (χ3v) is 1.06. The summed E-state index contributed by atoms with van der Waals surface area (Å²) < 4.78 is 4.71. The largest absolute Gasteiger partial charge is 0.447 e. The van der Waals surface area contributed by atoms with Gasteiger partial charge in [0.2, 0.25) is 0 Å². The van der Waals surface area contributed by atoms with Crippen molar-refractivity contribution in [3.63, 3.8) is 0 Å². The minimum atomic E-state index is -0.624. The van der Waals surface area contributed by atoms with E-state index < -0.39 is 6.10 Å². The van der Waals surface area contributed by atoms with Crippen LogP contribution in [0.4, 0.5) is 0 Å². The SMILES string of the molecule is CC(C)CC(=O)OC(C)C#N. The second-order valence-electron chi connectivity index (χ2n) is 2.86. The van der Waals surface area contributed by atoms with E-state index in [0.29, 0.717) is 6.42 Å². The van der Waals surface area contributed by atoms with Gasteiger partial charge in [0, 0.05) is 6.42 Å². The summed E-state index contributed by atoms with van der Waals surface area (Å²) in [5.41, 5.74) is 0. The summed E-state index contributed by atoms with van der Waals surface area (Å²) in [6.07, 6.45) is -0.243. The number of ether oxygens (including phenoxy) is 1. The number of hydrogen-bond donors (Lipinski definition) is 0. The van der Waals surface area contributed by atoms with Gasteiger partial charge in [0.05, 0.1) is 0 Å². The number of carbonyl (C=O) groups excluding carboxylic acids is 1. The lowest BCUT2D eigenvalue weighted by Gasteiger charge is -2.06. The van der Waals surface area contributed by atoms with Crippen LogP contribution in [0.15, 0.2) is 0 Å². The van der Waals surface area contributed by atoms with Crippen molar-refractivity contribution in [1.29, 1.82) is 5.26 Å². The van der Waals surface area contributed by atoms with E-state index in [0.717, 1.165) is 0 Å². The average molecular weight is 155 g/mol. The van der Waals surface area contributed by atoms with Crippen LogP contribution >= 0.6 is 0 Å². The lowest BCUT2D eigenvalue weighted by atomic mass is 10.1. The highest BCUT2D eigenvalue weighted by atomic mass is 16.5. The molecule has 0 rings (SSSR count). The van der Waals surface area contributed by atoms with Crippen LogP contribution in [0, 0.1) is 17.2 Å². The first-order valence-electron chi connectivity index (χ1n) is 3.65. The van der Waals surface area contributed by atoms with Crippen LogP contribution in [0.5, 0.6) is 0 Å². The van der Waals surface area contributed by atoms with E-state index in [1.165, 1.54) is 0 Å². The summed E-state index contributed by atoms with van der Waals surface area (Å²) in [5, 5.41) is 8.29. The van der Waals surface area contributed by atoms with Crippen molar-refractivity contribution < 1.29 is 9.53 Å². The van der Waals surface area contributed by atoms with Gasteiger partial charge in [-0.25, -0.2) is 0 Å². The summed E-state index contributed by atoms with van der Waals surface area (Å²) >= 11 is 0. The van der Waals surface area contributed by atoms with Crippen molar-refractivity contribution in [1.82, 2.24) is 0 Å². The van der Waals surface area contributed by atoms with Gasteiger partial charge in [0.25, 0.3) is 0 Å². The number of hydrogen-bond acceptors (Lipinski definition) is 3. The molecule has 1 atom stereocenters. The van der Waals surface area contributed by atoms with Gasteiger partial charge < -0.3 is 4.74 Å². The molecule has 3 nitrogen and oxygen atoms in total. The zero-order chi connectivity index (χ0) is 8.85. The molecule has 62 valence electrons. The fourth-order valence-corrected chi connectivity index (χ4v) is 0.605. The maximum atomic E-state index is 10.8. The van der Waals surface area contributed by atoms with E-state index in [1.807, 2.05) is 19.9 Å². The van der Waals surface area contributed by atoms with Crippen LogP contribution in [-0.2, 0) is 9.53 Å². The second-order valence-corrected chi connectivity index (χ2v) is 2.86. The van der Waals surface area contributed by atoms with Crippen LogP contribution in [0.2, 0.25) is 0 Å². The minimum absolute atomic E-state index is 0.286. The Kier molecular flexibility index (Phi) is 4.28. The predicted molar refractivity (Wildman–Crippen MR) is 40.6 cm³/mol. The van der Waals surface area contributed by atoms with Crippen LogP contribution in [0.25, 0.3) is 0 Å². The Balaban J connectivity index is 3.63. The molecule has 0 radical (unpaired) electrons. The van der Waals surface area contributed by atoms with Crippen LogP contribution in [0.3, 0.4) is 0 Å². The van der Waals surface area contributed by atoms with Gasteiger partial charge in [-0.2, -0.15) is 5.26 Å². The lowest BCUT2D eigenvalue weighted by molar-refractivity contribution is -0.146. The van der Waals surface area contributed by atoms with E-state index in [2.05, 4.69) is 0 Å². The van der Waals surface area contributed by atoms with E-state index >= 15 is 0 Å². The molecule has 0 aliphatic carbocycles. The molecule has 0 aromatic carbocycles. The first kappa shape index (κ1) is 9.96. The third-order valence-electron chi connectivity index (χ3n) is 1.06. The molecule has 0 aliphatic heterocycles. The molecule has 11 heavy (non-hydrogen) atoms. The second kappa shape index (κ2) is 4.73. The minimum Gasteiger partial charge on any atom is -0.447 e. The summed E-state index contributed by atoms with van der Waals surface area (Å²) in [6, 6.07) is 1.83. The van der Waals surface area contributed by atoms with Gasteiger partial charge in [-0.05, 0) is 12.8 Å². The topological polar surface area (TPSA) is 50.1 Å². The highest BCUT2D eigenvalue weighted by molar-refractivity contribution is 5.69. The van der Waals surface area contributed by atoms with E-state index in [-0.39, 0.29) is 11.9 Å². The Labute approximate surface area is 67.0 Å². The molecule has 0 heterocycles. The molecule has 0 aromatic rings. The van der Waals surface area contributed by atoms with Crippen molar-refractivity contribution >= 4 is 5.97 Å². The Hall–Kier alpha value is -1.04. The zero-order valence-corrected chi connectivity index (χ0v) is 7.13. The number of carbonyl (C=O) groups is 1. The highest BCUT2D eigenvalue weighted by Gasteiger charge is 2.09. The molecule has 0 bridgehead atoms. The van der Waals surface area contributed by atoms with Crippen molar-refractivity contribution in [3.05, 3.63) is 0 Å². The molecule has 1 unspecified atom stereocenters. The van der Waals surface area contributed by atoms with Crippen molar-refractivity contribution in [3.8, 4) is 6.07 Å². The molecule has 0 saturated heterocycles. The highest BCUT2D eigenvalue weighted by Crippen LogP contribution is 2.02. The summed E-state index contributed by atoms with van der Waals surface area (Å²) in [7, 11) is 0. The first-order chi connectivity index (χ1) is 5.06. The van der Waals surface area contributed by atoms with E-state index in [4.69, 9.17) is 10.00 Å². The first-order valence-corrected chi connectivity index (χ1v) is 3.65. The normalized spacial score (nSPS) is 12.3. The van der Waals surface area contributed by atoms with Gasteiger partial charge in [0.1, 0.15) is 6.07 Å².